The summed E-state index contributed by atoms with van der Waals surface area (Å²) in [7, 11) is 0. The predicted molar refractivity (Wildman–Crippen MR) is 109 cm³/mol. The van der Waals surface area contributed by atoms with Crippen molar-refractivity contribution < 1.29 is 27.1 Å². The number of aromatic nitrogens is 1. The Balaban J connectivity index is 1.40. The van der Waals surface area contributed by atoms with E-state index in [0.717, 1.165) is 11.1 Å². The first-order valence-electron chi connectivity index (χ1n) is 9.48. The molecule has 5 nitrogen and oxygen atoms in total. The van der Waals surface area contributed by atoms with Crippen LogP contribution in [-0.4, -0.2) is 23.7 Å². The molecule has 0 spiro atoms. The third kappa shape index (κ3) is 7.73. The Bertz CT molecular complexity index is 986. The standard InChI is InChI=1S/C22H20ClF3N2O3/c23-18-7-5-17(6-8-18)19-12-28-21(31-19)10-9-20(29)27-11-15-1-3-16(4-2-15)13-30-14-22(24,25)26/h1-8,12H,9-11,13-14H2,(H,27,29). The van der Waals surface area contributed by atoms with Crippen LogP contribution in [0.2, 0.25) is 5.02 Å². The van der Waals surface area contributed by atoms with Gasteiger partial charge in [0.1, 0.15) is 6.61 Å². The van der Waals surface area contributed by atoms with Crippen LogP contribution in [0, 0.1) is 0 Å². The van der Waals surface area contributed by atoms with Gasteiger partial charge in [-0.25, -0.2) is 4.98 Å². The van der Waals surface area contributed by atoms with Crippen LogP contribution in [0.3, 0.4) is 0 Å². The molecule has 164 valence electrons. The molecule has 0 unspecified atom stereocenters. The van der Waals surface area contributed by atoms with E-state index in [1.165, 1.54) is 0 Å². The second-order valence-electron chi connectivity index (χ2n) is 6.83. The maximum Gasteiger partial charge on any atom is 0.411 e. The van der Waals surface area contributed by atoms with Crippen molar-refractivity contribution in [3.05, 3.63) is 76.8 Å². The summed E-state index contributed by atoms with van der Waals surface area (Å²) >= 11 is 5.87. The molecule has 0 aliphatic rings. The number of nitrogens with zero attached hydrogens (tertiary/aromatic N) is 1. The summed E-state index contributed by atoms with van der Waals surface area (Å²) in [4.78, 5) is 16.3. The number of halogens is 4. The molecule has 1 aromatic heterocycles. The fraction of sp³-hybridized carbons (Fsp3) is 0.273. The van der Waals surface area contributed by atoms with Gasteiger partial charge in [0.15, 0.2) is 11.7 Å². The van der Waals surface area contributed by atoms with Gasteiger partial charge in [-0.05, 0) is 35.4 Å². The average Bonchev–Trinajstić information content (AvgIpc) is 3.20. The molecule has 0 atom stereocenters. The van der Waals surface area contributed by atoms with Crippen molar-refractivity contribution in [1.82, 2.24) is 10.3 Å². The van der Waals surface area contributed by atoms with Crippen LogP contribution in [0.1, 0.15) is 23.4 Å². The zero-order chi connectivity index (χ0) is 22.3. The summed E-state index contributed by atoms with van der Waals surface area (Å²) in [5.41, 5.74) is 2.30. The molecule has 0 fully saturated rings. The van der Waals surface area contributed by atoms with Gasteiger partial charge in [0.05, 0.1) is 12.8 Å². The molecule has 9 heteroatoms. The van der Waals surface area contributed by atoms with Gasteiger partial charge in [0.25, 0.3) is 0 Å². The summed E-state index contributed by atoms with van der Waals surface area (Å²) in [6, 6.07) is 14.0. The first kappa shape index (κ1) is 22.8. The van der Waals surface area contributed by atoms with Gasteiger partial charge >= 0.3 is 6.18 Å². The van der Waals surface area contributed by atoms with E-state index in [0.29, 0.717) is 35.2 Å². The van der Waals surface area contributed by atoms with Crippen molar-refractivity contribution >= 4 is 17.5 Å². The normalized spacial score (nSPS) is 11.5. The lowest BCUT2D eigenvalue weighted by Gasteiger charge is -2.09. The summed E-state index contributed by atoms with van der Waals surface area (Å²) in [6.45, 7) is -1.10. The minimum atomic E-state index is -4.34. The Labute approximate surface area is 182 Å². The average molecular weight is 453 g/mol. The molecule has 0 radical (unpaired) electrons. The van der Waals surface area contributed by atoms with Crippen LogP contribution >= 0.6 is 11.6 Å². The number of carbonyl (C=O) groups excluding carboxylic acids is 1. The summed E-state index contributed by atoms with van der Waals surface area (Å²) < 4.78 is 46.5. The van der Waals surface area contributed by atoms with E-state index < -0.39 is 12.8 Å². The summed E-state index contributed by atoms with van der Waals surface area (Å²) in [5.74, 6) is 0.901. The lowest BCUT2D eigenvalue weighted by Crippen LogP contribution is -2.23. The Morgan fingerprint density at radius 3 is 2.42 bits per heavy atom. The van der Waals surface area contributed by atoms with Crippen molar-refractivity contribution in [2.45, 2.75) is 32.2 Å². The highest BCUT2D eigenvalue weighted by Crippen LogP contribution is 2.22. The second-order valence-corrected chi connectivity index (χ2v) is 7.26. The molecule has 0 saturated carbocycles. The molecule has 1 heterocycles. The number of amides is 1. The molecule has 0 aliphatic carbocycles. The minimum Gasteiger partial charge on any atom is -0.441 e. The topological polar surface area (TPSA) is 64.4 Å². The molecule has 1 amide bonds. The second kappa shape index (κ2) is 10.5. The first-order valence-corrected chi connectivity index (χ1v) is 9.86. The largest absolute Gasteiger partial charge is 0.441 e. The maximum atomic E-state index is 12.1. The quantitative estimate of drug-likeness (QED) is 0.477. The molecular weight excluding hydrogens is 433 g/mol. The van der Waals surface area contributed by atoms with E-state index in [4.69, 9.17) is 16.0 Å². The molecule has 0 bridgehead atoms. The van der Waals surface area contributed by atoms with Crippen LogP contribution in [0.5, 0.6) is 0 Å². The van der Waals surface area contributed by atoms with E-state index in [9.17, 15) is 18.0 Å². The highest BCUT2D eigenvalue weighted by Gasteiger charge is 2.27. The van der Waals surface area contributed by atoms with Gasteiger partial charge in [-0.3, -0.25) is 4.79 Å². The zero-order valence-corrected chi connectivity index (χ0v) is 17.2. The molecule has 3 rings (SSSR count). The fourth-order valence-electron chi connectivity index (χ4n) is 2.72. The number of carbonyl (C=O) groups is 1. The number of rotatable bonds is 9. The Morgan fingerprint density at radius 1 is 1.06 bits per heavy atom. The van der Waals surface area contributed by atoms with Gasteiger partial charge < -0.3 is 14.5 Å². The zero-order valence-electron chi connectivity index (χ0n) is 16.4. The van der Waals surface area contributed by atoms with E-state index >= 15 is 0 Å². The predicted octanol–water partition coefficient (Wildman–Crippen LogP) is 5.32. The van der Waals surface area contributed by atoms with Crippen LogP contribution in [-0.2, 0) is 29.1 Å². The molecular formula is C22H20ClF3N2O3. The van der Waals surface area contributed by atoms with E-state index in [2.05, 4.69) is 15.0 Å². The lowest BCUT2D eigenvalue weighted by atomic mass is 10.1. The monoisotopic (exact) mass is 452 g/mol. The van der Waals surface area contributed by atoms with Crippen molar-refractivity contribution in [3.63, 3.8) is 0 Å². The highest BCUT2D eigenvalue weighted by atomic mass is 35.5. The van der Waals surface area contributed by atoms with Crippen molar-refractivity contribution in [3.8, 4) is 11.3 Å². The molecule has 0 aliphatic heterocycles. The summed E-state index contributed by atoms with van der Waals surface area (Å²) in [6.07, 6.45) is -2.16. The number of oxazole rings is 1. The third-order valence-corrected chi connectivity index (χ3v) is 4.55. The van der Waals surface area contributed by atoms with Gasteiger partial charge in [0.2, 0.25) is 5.91 Å². The van der Waals surface area contributed by atoms with Crippen LogP contribution in [0.4, 0.5) is 13.2 Å². The van der Waals surface area contributed by atoms with Gasteiger partial charge in [-0.15, -0.1) is 0 Å². The third-order valence-electron chi connectivity index (χ3n) is 4.30. The van der Waals surface area contributed by atoms with Crippen molar-refractivity contribution in [1.29, 1.82) is 0 Å². The van der Waals surface area contributed by atoms with E-state index in [1.807, 2.05) is 12.1 Å². The molecule has 2 aromatic carbocycles. The minimum absolute atomic E-state index is 0.125. The Morgan fingerprint density at radius 2 is 1.74 bits per heavy atom. The number of alkyl halides is 3. The van der Waals surface area contributed by atoms with Gasteiger partial charge in [-0.1, -0.05) is 35.9 Å². The molecule has 1 N–H and O–H groups in total. The smallest absolute Gasteiger partial charge is 0.411 e. The lowest BCUT2D eigenvalue weighted by molar-refractivity contribution is -0.176. The molecule has 31 heavy (non-hydrogen) atoms. The van der Waals surface area contributed by atoms with E-state index in [1.54, 1.807) is 42.6 Å². The number of benzene rings is 2. The Kier molecular flexibility index (Phi) is 7.70. The number of hydrogen-bond donors (Lipinski definition) is 1. The van der Waals surface area contributed by atoms with Crippen LogP contribution in [0.15, 0.2) is 59.1 Å². The van der Waals surface area contributed by atoms with Crippen LogP contribution < -0.4 is 5.32 Å². The first-order chi connectivity index (χ1) is 14.8. The number of ether oxygens (including phenoxy) is 1. The maximum absolute atomic E-state index is 12.1. The van der Waals surface area contributed by atoms with Gasteiger partial charge in [0, 0.05) is 30.0 Å². The number of hydrogen-bond acceptors (Lipinski definition) is 4. The number of aryl methyl sites for hydroxylation is 1. The Hall–Kier alpha value is -2.84. The van der Waals surface area contributed by atoms with E-state index in [-0.39, 0.29) is 18.9 Å². The van der Waals surface area contributed by atoms with Crippen LogP contribution in [0.25, 0.3) is 11.3 Å². The number of nitrogens with one attached hydrogen (secondary N) is 1. The highest BCUT2D eigenvalue weighted by molar-refractivity contribution is 6.30. The molecule has 3 aromatic rings. The fourth-order valence-corrected chi connectivity index (χ4v) is 2.85. The van der Waals surface area contributed by atoms with Crippen molar-refractivity contribution in [2.75, 3.05) is 6.61 Å². The van der Waals surface area contributed by atoms with Crippen molar-refractivity contribution in [2.24, 2.45) is 0 Å². The van der Waals surface area contributed by atoms with Gasteiger partial charge in [-0.2, -0.15) is 13.2 Å². The summed E-state index contributed by atoms with van der Waals surface area (Å²) in [5, 5.41) is 3.42. The SMILES string of the molecule is O=C(CCc1ncc(-c2ccc(Cl)cc2)o1)NCc1ccc(COCC(F)(F)F)cc1. The molecule has 0 saturated heterocycles.